The van der Waals surface area contributed by atoms with Gasteiger partial charge in [-0.1, -0.05) is 13.3 Å². The molecule has 4 nitrogen and oxygen atoms in total. The molecule has 0 bridgehead atoms. The third-order valence-electron chi connectivity index (χ3n) is 3.39. The van der Waals surface area contributed by atoms with Crippen LogP contribution in [0.5, 0.6) is 0 Å². The molecule has 16 heavy (non-hydrogen) atoms. The van der Waals surface area contributed by atoms with Crippen molar-refractivity contribution in [2.45, 2.75) is 39.5 Å². The van der Waals surface area contributed by atoms with Crippen molar-refractivity contribution in [3.05, 3.63) is 0 Å². The molecule has 1 unspecified atom stereocenters. The first-order valence-electron chi connectivity index (χ1n) is 5.96. The van der Waals surface area contributed by atoms with E-state index in [1.165, 1.54) is 0 Å². The van der Waals surface area contributed by atoms with Gasteiger partial charge in [0.1, 0.15) is 0 Å². The fraction of sp³-hybridized carbons (Fsp3) is 0.833. The number of carbonyl (C=O) groups excluding carboxylic acids is 1. The van der Waals surface area contributed by atoms with Gasteiger partial charge in [0.05, 0.1) is 12.5 Å². The molecule has 1 saturated carbocycles. The van der Waals surface area contributed by atoms with Crippen LogP contribution in [0.15, 0.2) is 0 Å². The fourth-order valence-corrected chi connectivity index (χ4v) is 2.62. The molecular weight excluding hydrogens is 208 g/mol. The zero-order valence-corrected chi connectivity index (χ0v) is 9.94. The molecular formula is C12H20O4. The van der Waals surface area contributed by atoms with Gasteiger partial charge in [0.15, 0.2) is 0 Å². The highest BCUT2D eigenvalue weighted by atomic mass is 16.5. The predicted molar refractivity (Wildman–Crippen MR) is 58.9 cm³/mol. The molecule has 0 amide bonds. The summed E-state index contributed by atoms with van der Waals surface area (Å²) in [5.74, 6) is -0.793. The number of carboxylic acid groups (broad SMARTS) is 1. The smallest absolute Gasteiger partial charge is 0.306 e. The number of ether oxygens (including phenoxy) is 1. The van der Waals surface area contributed by atoms with E-state index in [0.29, 0.717) is 19.4 Å². The van der Waals surface area contributed by atoms with E-state index in [1.54, 1.807) is 6.92 Å². The lowest BCUT2D eigenvalue weighted by Crippen LogP contribution is -2.17. The van der Waals surface area contributed by atoms with E-state index in [2.05, 4.69) is 0 Å². The van der Waals surface area contributed by atoms with Crippen molar-refractivity contribution in [2.75, 3.05) is 6.61 Å². The third-order valence-corrected chi connectivity index (χ3v) is 3.39. The third kappa shape index (κ3) is 3.22. The summed E-state index contributed by atoms with van der Waals surface area (Å²) in [6.07, 6.45) is 2.70. The summed E-state index contributed by atoms with van der Waals surface area (Å²) in [4.78, 5) is 22.3. The Balaban J connectivity index is 2.48. The van der Waals surface area contributed by atoms with Crippen molar-refractivity contribution in [1.82, 2.24) is 0 Å². The lowest BCUT2D eigenvalue weighted by molar-refractivity contribution is -0.145. The van der Waals surface area contributed by atoms with Crippen LogP contribution in [0.25, 0.3) is 0 Å². The van der Waals surface area contributed by atoms with Crippen molar-refractivity contribution >= 4 is 11.9 Å². The van der Waals surface area contributed by atoms with Crippen molar-refractivity contribution in [1.29, 1.82) is 0 Å². The predicted octanol–water partition coefficient (Wildman–Crippen LogP) is 2.08. The molecule has 3 atom stereocenters. The first-order valence-corrected chi connectivity index (χ1v) is 5.96. The number of aliphatic carboxylic acids is 1. The Kier molecular flexibility index (Phi) is 4.77. The molecule has 1 fully saturated rings. The Hall–Kier alpha value is -1.06. The first kappa shape index (κ1) is 13.0. The van der Waals surface area contributed by atoms with Crippen LogP contribution < -0.4 is 0 Å². The van der Waals surface area contributed by atoms with Crippen LogP contribution in [0.1, 0.15) is 39.5 Å². The van der Waals surface area contributed by atoms with Crippen molar-refractivity contribution < 1.29 is 19.4 Å². The fourth-order valence-electron chi connectivity index (χ4n) is 2.62. The van der Waals surface area contributed by atoms with Gasteiger partial charge < -0.3 is 9.84 Å². The molecule has 0 aromatic rings. The van der Waals surface area contributed by atoms with E-state index in [-0.39, 0.29) is 23.7 Å². The van der Waals surface area contributed by atoms with Gasteiger partial charge in [0, 0.05) is 6.42 Å². The highest BCUT2D eigenvalue weighted by Gasteiger charge is 2.38. The minimum Gasteiger partial charge on any atom is -0.481 e. The van der Waals surface area contributed by atoms with Crippen LogP contribution in [0.2, 0.25) is 0 Å². The summed E-state index contributed by atoms with van der Waals surface area (Å²) in [6.45, 7) is 4.18. The largest absolute Gasteiger partial charge is 0.481 e. The number of carboxylic acids is 1. The maximum Gasteiger partial charge on any atom is 0.306 e. The molecule has 4 heteroatoms. The van der Waals surface area contributed by atoms with E-state index in [9.17, 15) is 9.59 Å². The standard InChI is InChI=1S/C12H20O4/c1-3-9-5-8(6-10(9)12(14)15)7-11(13)16-4-2/h8-10H,3-7H2,1-2H3,(H,14,15)/t8-,9-,10?/m1/s1. The molecule has 0 aromatic carbocycles. The maximum atomic E-state index is 11.3. The van der Waals surface area contributed by atoms with Gasteiger partial charge in [0.2, 0.25) is 0 Å². The Labute approximate surface area is 96.0 Å². The van der Waals surface area contributed by atoms with E-state index < -0.39 is 5.97 Å². The monoisotopic (exact) mass is 228 g/mol. The number of rotatable bonds is 5. The van der Waals surface area contributed by atoms with Crippen molar-refractivity contribution in [3.63, 3.8) is 0 Å². The second kappa shape index (κ2) is 5.87. The van der Waals surface area contributed by atoms with Gasteiger partial charge >= 0.3 is 11.9 Å². The molecule has 0 spiro atoms. The van der Waals surface area contributed by atoms with Gasteiger partial charge in [-0.3, -0.25) is 9.59 Å². The molecule has 1 aliphatic rings. The van der Waals surface area contributed by atoms with E-state index in [0.717, 1.165) is 12.8 Å². The zero-order chi connectivity index (χ0) is 12.1. The summed E-state index contributed by atoms with van der Waals surface area (Å²) in [5.41, 5.74) is 0. The number of hydrogen-bond donors (Lipinski definition) is 1. The quantitative estimate of drug-likeness (QED) is 0.732. The molecule has 1 aliphatic carbocycles. The van der Waals surface area contributed by atoms with E-state index in [1.807, 2.05) is 6.92 Å². The van der Waals surface area contributed by atoms with Gasteiger partial charge in [0.25, 0.3) is 0 Å². The summed E-state index contributed by atoms with van der Waals surface area (Å²) >= 11 is 0. The number of carbonyl (C=O) groups is 2. The summed E-state index contributed by atoms with van der Waals surface area (Å²) < 4.78 is 4.88. The zero-order valence-electron chi connectivity index (χ0n) is 9.94. The van der Waals surface area contributed by atoms with Crippen LogP contribution in [0.3, 0.4) is 0 Å². The molecule has 0 heterocycles. The SMILES string of the molecule is CCOC(=O)C[C@H]1CC(C(=O)O)[C@H](CC)C1. The van der Waals surface area contributed by atoms with Gasteiger partial charge in [-0.2, -0.15) is 0 Å². The topological polar surface area (TPSA) is 63.6 Å². The molecule has 92 valence electrons. The van der Waals surface area contributed by atoms with Crippen LogP contribution >= 0.6 is 0 Å². The Morgan fingerprint density at radius 1 is 1.31 bits per heavy atom. The summed E-state index contributed by atoms with van der Waals surface area (Å²) in [5, 5.41) is 9.05. The molecule has 0 saturated heterocycles. The lowest BCUT2D eigenvalue weighted by Gasteiger charge is -2.11. The van der Waals surface area contributed by atoms with Crippen LogP contribution in [-0.2, 0) is 14.3 Å². The molecule has 1 N–H and O–H groups in total. The van der Waals surface area contributed by atoms with Crippen LogP contribution in [-0.4, -0.2) is 23.7 Å². The van der Waals surface area contributed by atoms with Gasteiger partial charge in [-0.25, -0.2) is 0 Å². The van der Waals surface area contributed by atoms with Gasteiger partial charge in [-0.05, 0) is 31.6 Å². The molecule has 0 radical (unpaired) electrons. The first-order chi connectivity index (χ1) is 7.58. The Morgan fingerprint density at radius 2 is 2.00 bits per heavy atom. The highest BCUT2D eigenvalue weighted by molar-refractivity contribution is 5.72. The summed E-state index contributed by atoms with van der Waals surface area (Å²) in [7, 11) is 0. The maximum absolute atomic E-state index is 11.3. The van der Waals surface area contributed by atoms with Crippen LogP contribution in [0.4, 0.5) is 0 Å². The van der Waals surface area contributed by atoms with E-state index >= 15 is 0 Å². The Morgan fingerprint density at radius 3 is 2.44 bits per heavy atom. The molecule has 0 aromatic heterocycles. The summed E-state index contributed by atoms with van der Waals surface area (Å²) in [6, 6.07) is 0. The van der Waals surface area contributed by atoms with E-state index in [4.69, 9.17) is 9.84 Å². The average Bonchev–Trinajstić information content (AvgIpc) is 2.61. The number of esters is 1. The van der Waals surface area contributed by atoms with Crippen LogP contribution in [0, 0.1) is 17.8 Å². The second-order valence-electron chi connectivity index (χ2n) is 4.46. The van der Waals surface area contributed by atoms with Gasteiger partial charge in [-0.15, -0.1) is 0 Å². The lowest BCUT2D eigenvalue weighted by atomic mass is 9.94. The molecule has 1 rings (SSSR count). The second-order valence-corrected chi connectivity index (χ2v) is 4.46. The van der Waals surface area contributed by atoms with Crippen molar-refractivity contribution in [3.8, 4) is 0 Å². The van der Waals surface area contributed by atoms with Crippen molar-refractivity contribution in [2.24, 2.45) is 17.8 Å². The minimum atomic E-state index is -0.724. The Bertz CT molecular complexity index is 262. The highest BCUT2D eigenvalue weighted by Crippen LogP contribution is 2.40. The minimum absolute atomic E-state index is 0.185. The normalized spacial score (nSPS) is 29.0. The molecule has 0 aliphatic heterocycles. The average molecular weight is 228 g/mol. The number of hydrogen-bond acceptors (Lipinski definition) is 3.